The fourth-order valence-corrected chi connectivity index (χ4v) is 3.81. The summed E-state index contributed by atoms with van der Waals surface area (Å²) in [5.41, 5.74) is 0.613. The molecule has 2 saturated heterocycles. The molecule has 2 N–H and O–H groups in total. The van der Waals surface area contributed by atoms with Crippen LogP contribution in [0.15, 0.2) is 12.1 Å². The van der Waals surface area contributed by atoms with E-state index < -0.39 is 0 Å². The first kappa shape index (κ1) is 14.9. The van der Waals surface area contributed by atoms with E-state index in [-0.39, 0.29) is 17.6 Å². The van der Waals surface area contributed by atoms with Crippen molar-refractivity contribution in [1.29, 1.82) is 0 Å². The molecule has 0 unspecified atom stereocenters. The first-order valence-electron chi connectivity index (χ1n) is 7.25. The second-order valence-electron chi connectivity index (χ2n) is 5.72. The molecule has 2 aliphatic heterocycles. The summed E-state index contributed by atoms with van der Waals surface area (Å²) in [5, 5.41) is 14.1. The molecule has 0 saturated carbocycles. The number of phenols is 1. The lowest BCUT2D eigenvalue weighted by Crippen LogP contribution is -2.45. The highest BCUT2D eigenvalue weighted by Crippen LogP contribution is 2.42. The van der Waals surface area contributed by atoms with Gasteiger partial charge in [0, 0.05) is 31.1 Å². The third-order valence-electron chi connectivity index (χ3n) is 4.45. The van der Waals surface area contributed by atoms with Crippen LogP contribution in [-0.2, 0) is 4.79 Å². The molecule has 21 heavy (non-hydrogen) atoms. The molecule has 1 amide bonds. The van der Waals surface area contributed by atoms with Crippen molar-refractivity contribution >= 4 is 29.1 Å². The number of hydrogen-bond donors (Lipinski definition) is 2. The number of phenolic OH excluding ortho intramolecular Hbond substituents is 1. The third kappa shape index (κ3) is 2.85. The van der Waals surface area contributed by atoms with Gasteiger partial charge in [-0.25, -0.2) is 0 Å². The summed E-state index contributed by atoms with van der Waals surface area (Å²) in [6.45, 7) is 2.55. The topological polar surface area (TPSA) is 52.6 Å². The lowest BCUT2D eigenvalue weighted by Gasteiger charge is -2.36. The minimum atomic E-state index is -0.0608. The molecule has 3 rings (SSSR count). The molecule has 2 atom stereocenters. The Kier molecular flexibility index (Phi) is 4.29. The average Bonchev–Trinajstić information content (AvgIpc) is 2.97. The maximum Gasteiger partial charge on any atom is 0.223 e. The molecular weight excluding hydrogens is 311 g/mol. The number of amides is 1. The highest BCUT2D eigenvalue weighted by atomic mass is 35.5. The zero-order valence-electron chi connectivity index (χ0n) is 11.6. The van der Waals surface area contributed by atoms with Gasteiger partial charge in [0.05, 0.1) is 10.0 Å². The van der Waals surface area contributed by atoms with E-state index in [1.807, 2.05) is 4.90 Å². The zero-order chi connectivity index (χ0) is 15.0. The summed E-state index contributed by atoms with van der Waals surface area (Å²) in [4.78, 5) is 14.4. The van der Waals surface area contributed by atoms with Crippen molar-refractivity contribution in [3.63, 3.8) is 0 Å². The molecule has 0 aliphatic carbocycles. The molecular formula is C15H18Cl2N2O2. The van der Waals surface area contributed by atoms with E-state index in [1.54, 1.807) is 12.1 Å². The molecule has 2 fully saturated rings. The Balaban J connectivity index is 1.78. The molecule has 2 aliphatic rings. The van der Waals surface area contributed by atoms with Crippen LogP contribution in [0, 0.1) is 0 Å². The van der Waals surface area contributed by atoms with Gasteiger partial charge in [0.25, 0.3) is 0 Å². The van der Waals surface area contributed by atoms with Gasteiger partial charge in [0.15, 0.2) is 0 Å². The van der Waals surface area contributed by atoms with E-state index in [0.29, 0.717) is 34.6 Å². The number of hydrogen-bond acceptors (Lipinski definition) is 3. The zero-order valence-corrected chi connectivity index (χ0v) is 13.1. The van der Waals surface area contributed by atoms with Crippen molar-refractivity contribution in [3.05, 3.63) is 27.7 Å². The quantitative estimate of drug-likeness (QED) is 0.877. The Morgan fingerprint density at radius 1 is 1.29 bits per heavy atom. The molecule has 2 heterocycles. The highest BCUT2D eigenvalue weighted by Gasteiger charge is 2.34. The lowest BCUT2D eigenvalue weighted by atomic mass is 9.87. The maximum absolute atomic E-state index is 12.4. The number of carbonyl (C=O) groups excluding carboxylic acids is 1. The Bertz CT molecular complexity index is 559. The molecule has 0 spiro atoms. The smallest absolute Gasteiger partial charge is 0.223 e. The van der Waals surface area contributed by atoms with E-state index in [0.717, 1.165) is 25.9 Å². The summed E-state index contributed by atoms with van der Waals surface area (Å²) in [7, 11) is 0. The number of benzene rings is 1. The van der Waals surface area contributed by atoms with E-state index in [1.165, 1.54) is 0 Å². The van der Waals surface area contributed by atoms with Crippen LogP contribution in [0.2, 0.25) is 10.0 Å². The van der Waals surface area contributed by atoms with Gasteiger partial charge >= 0.3 is 0 Å². The van der Waals surface area contributed by atoms with Crippen molar-refractivity contribution in [2.24, 2.45) is 0 Å². The second kappa shape index (κ2) is 6.03. The largest absolute Gasteiger partial charge is 0.508 e. The Hall–Kier alpha value is -0.970. The SMILES string of the molecule is O=C1C[C@H](c2c(O)ccc(Cl)c2Cl)CCN1[C@H]1CCNC1. The molecule has 0 aromatic heterocycles. The van der Waals surface area contributed by atoms with E-state index >= 15 is 0 Å². The lowest BCUT2D eigenvalue weighted by molar-refractivity contribution is -0.136. The number of halogens is 2. The second-order valence-corrected chi connectivity index (χ2v) is 6.50. The van der Waals surface area contributed by atoms with Gasteiger partial charge in [-0.15, -0.1) is 0 Å². The van der Waals surface area contributed by atoms with Crippen molar-refractivity contribution in [2.45, 2.75) is 31.2 Å². The van der Waals surface area contributed by atoms with E-state index in [4.69, 9.17) is 23.2 Å². The van der Waals surface area contributed by atoms with Crippen LogP contribution in [0.25, 0.3) is 0 Å². The summed E-state index contributed by atoms with van der Waals surface area (Å²) in [6.07, 6.45) is 2.19. The molecule has 0 bridgehead atoms. The molecule has 1 aromatic carbocycles. The molecule has 0 radical (unpaired) electrons. The van der Waals surface area contributed by atoms with Gasteiger partial charge in [-0.1, -0.05) is 23.2 Å². The number of likely N-dealkylation sites (tertiary alicyclic amines) is 1. The number of nitrogens with one attached hydrogen (secondary N) is 1. The van der Waals surface area contributed by atoms with Gasteiger partial charge in [-0.2, -0.15) is 0 Å². The fraction of sp³-hybridized carbons (Fsp3) is 0.533. The number of carbonyl (C=O) groups is 1. The summed E-state index contributed by atoms with van der Waals surface area (Å²) in [5.74, 6) is 0.197. The fourth-order valence-electron chi connectivity index (χ4n) is 3.33. The van der Waals surface area contributed by atoms with Crippen molar-refractivity contribution in [1.82, 2.24) is 10.2 Å². The van der Waals surface area contributed by atoms with Gasteiger partial charge < -0.3 is 15.3 Å². The Labute approximate surface area is 134 Å². The summed E-state index contributed by atoms with van der Waals surface area (Å²) in [6, 6.07) is 3.42. The summed E-state index contributed by atoms with van der Waals surface area (Å²) >= 11 is 12.2. The van der Waals surface area contributed by atoms with Gasteiger partial charge in [-0.05, 0) is 37.4 Å². The van der Waals surface area contributed by atoms with Gasteiger partial charge in [0.2, 0.25) is 5.91 Å². The van der Waals surface area contributed by atoms with Crippen molar-refractivity contribution < 1.29 is 9.90 Å². The minimum Gasteiger partial charge on any atom is -0.508 e. The first-order chi connectivity index (χ1) is 10.1. The molecule has 114 valence electrons. The predicted octanol–water partition coefficient (Wildman–Crippen LogP) is 2.77. The van der Waals surface area contributed by atoms with Crippen molar-refractivity contribution in [2.75, 3.05) is 19.6 Å². The Morgan fingerprint density at radius 2 is 2.10 bits per heavy atom. The van der Waals surface area contributed by atoms with Crippen LogP contribution >= 0.6 is 23.2 Å². The summed E-state index contributed by atoms with van der Waals surface area (Å²) < 4.78 is 0. The van der Waals surface area contributed by atoms with Crippen LogP contribution < -0.4 is 5.32 Å². The minimum absolute atomic E-state index is 0.0608. The van der Waals surface area contributed by atoms with Crippen LogP contribution in [-0.4, -0.2) is 41.6 Å². The number of rotatable bonds is 2. The number of piperidine rings is 1. The van der Waals surface area contributed by atoms with E-state index in [2.05, 4.69) is 5.32 Å². The van der Waals surface area contributed by atoms with Crippen LogP contribution in [0.3, 0.4) is 0 Å². The number of nitrogens with zero attached hydrogens (tertiary/aromatic N) is 1. The van der Waals surface area contributed by atoms with Gasteiger partial charge in [-0.3, -0.25) is 4.79 Å². The Morgan fingerprint density at radius 3 is 2.76 bits per heavy atom. The van der Waals surface area contributed by atoms with Crippen molar-refractivity contribution in [3.8, 4) is 5.75 Å². The first-order valence-corrected chi connectivity index (χ1v) is 8.00. The van der Waals surface area contributed by atoms with Crippen LogP contribution in [0.1, 0.15) is 30.7 Å². The molecule has 6 heteroatoms. The maximum atomic E-state index is 12.4. The van der Waals surface area contributed by atoms with Crippen LogP contribution in [0.5, 0.6) is 5.75 Å². The molecule has 1 aromatic rings. The van der Waals surface area contributed by atoms with Crippen LogP contribution in [0.4, 0.5) is 0 Å². The van der Waals surface area contributed by atoms with Gasteiger partial charge in [0.1, 0.15) is 5.75 Å². The van der Waals surface area contributed by atoms with E-state index in [9.17, 15) is 9.90 Å². The normalized spacial score (nSPS) is 26.4. The third-order valence-corrected chi connectivity index (χ3v) is 5.27. The average molecular weight is 329 g/mol. The molecule has 4 nitrogen and oxygen atoms in total. The number of aromatic hydroxyl groups is 1. The highest BCUT2D eigenvalue weighted by molar-refractivity contribution is 6.42. The standard InChI is InChI=1S/C15H18Cl2N2O2/c16-11-1-2-12(20)14(15(11)17)9-4-6-19(13(21)7-9)10-3-5-18-8-10/h1-2,9-10,18,20H,3-8H2/t9-,10+/m1/s1. The monoisotopic (exact) mass is 328 g/mol. The predicted molar refractivity (Wildman–Crippen MR) is 83.1 cm³/mol.